The minimum absolute atomic E-state index is 2.54. The summed E-state index contributed by atoms with van der Waals surface area (Å²) in [5.41, 5.74) is 0. The van der Waals surface area contributed by atoms with Crippen LogP contribution in [0.25, 0.3) is 0 Å². The van der Waals surface area contributed by atoms with Gasteiger partial charge in [0.05, 0.1) is 0 Å². The van der Waals surface area contributed by atoms with Crippen molar-refractivity contribution in [1.82, 2.24) is 0 Å². The molecule has 0 saturated heterocycles. The Hall–Kier alpha value is -0.710. The van der Waals surface area contributed by atoms with E-state index in [4.69, 9.17) is 0 Å². The topological polar surface area (TPSA) is 29.1 Å². The molecule has 0 amide bonds. The molecule has 0 N–H and O–H groups in total. The lowest BCUT2D eigenvalue weighted by Gasteiger charge is -2.24. The summed E-state index contributed by atoms with van der Waals surface area (Å²) >= 11 is 0. The van der Waals surface area contributed by atoms with E-state index in [0.717, 1.165) is 0 Å². The maximum Gasteiger partial charge on any atom is 0.458 e. The summed E-state index contributed by atoms with van der Waals surface area (Å²) < 4.78 is 109. The third-order valence-electron chi connectivity index (χ3n) is 1.42. The van der Waals surface area contributed by atoms with Crippen molar-refractivity contribution in [1.29, 1.82) is 0 Å². The summed E-state index contributed by atoms with van der Waals surface area (Å²) in [6.45, 7) is -2.54. The first kappa shape index (κ1) is 16.3. The molecular weight excluding hydrogens is 275 g/mol. The number of alkyl halides is 9. The Morgan fingerprint density at radius 1 is 0.941 bits per heavy atom. The predicted octanol–water partition coefficient (Wildman–Crippen LogP) is 2.86. The van der Waals surface area contributed by atoms with Crippen LogP contribution < -0.4 is 0 Å². The standard InChI is InChI=1S/C6H4F9O2/c7-2(8)4(9,10)1-17-3(16)5(11,12)6(13,14)15/h2-3H,1H2. The van der Waals surface area contributed by atoms with Crippen LogP contribution in [0, 0.1) is 0 Å². The van der Waals surface area contributed by atoms with Gasteiger partial charge in [0.25, 0.3) is 6.29 Å². The van der Waals surface area contributed by atoms with E-state index in [-0.39, 0.29) is 0 Å². The van der Waals surface area contributed by atoms with Crippen LogP contribution in [-0.4, -0.2) is 37.3 Å². The molecule has 0 aromatic rings. The maximum absolute atomic E-state index is 12.1. The average molecular weight is 279 g/mol. The van der Waals surface area contributed by atoms with Gasteiger partial charge < -0.3 is 4.74 Å². The first-order valence-corrected chi connectivity index (χ1v) is 3.70. The van der Waals surface area contributed by atoms with Gasteiger partial charge in [-0.2, -0.15) is 35.8 Å². The highest BCUT2D eigenvalue weighted by atomic mass is 19.4. The summed E-state index contributed by atoms with van der Waals surface area (Å²) in [5.74, 6) is -10.9. The molecule has 2 nitrogen and oxygen atoms in total. The molecule has 0 aliphatic heterocycles. The van der Waals surface area contributed by atoms with E-state index in [2.05, 4.69) is 4.74 Å². The Bertz CT molecular complexity index is 248. The molecule has 1 radical (unpaired) electrons. The molecule has 0 aliphatic rings. The molecule has 103 valence electrons. The first-order valence-electron chi connectivity index (χ1n) is 3.70. The van der Waals surface area contributed by atoms with E-state index in [0.29, 0.717) is 0 Å². The molecule has 11 heteroatoms. The van der Waals surface area contributed by atoms with E-state index in [1.165, 1.54) is 0 Å². The van der Waals surface area contributed by atoms with Crippen molar-refractivity contribution in [2.75, 3.05) is 6.61 Å². The Kier molecular flexibility index (Phi) is 4.68. The van der Waals surface area contributed by atoms with Gasteiger partial charge in [-0.3, -0.25) is 0 Å². The maximum atomic E-state index is 12.1. The first-order chi connectivity index (χ1) is 7.32. The van der Waals surface area contributed by atoms with E-state index < -0.39 is 37.3 Å². The van der Waals surface area contributed by atoms with Crippen LogP contribution >= 0.6 is 0 Å². The van der Waals surface area contributed by atoms with Crippen molar-refractivity contribution in [3.05, 3.63) is 0 Å². The van der Waals surface area contributed by atoms with Gasteiger partial charge in [-0.1, -0.05) is 0 Å². The fourth-order valence-electron chi connectivity index (χ4n) is 0.488. The fraction of sp³-hybridized carbons (Fsp3) is 1.00. The third kappa shape index (κ3) is 3.91. The minimum Gasteiger partial charge on any atom is -0.338 e. The Balaban J connectivity index is 4.53. The minimum atomic E-state index is -6.32. The molecule has 0 heterocycles. The van der Waals surface area contributed by atoms with Crippen LogP contribution in [0.1, 0.15) is 0 Å². The lowest BCUT2D eigenvalue weighted by Crippen LogP contribution is -2.49. The molecule has 0 aromatic heterocycles. The van der Waals surface area contributed by atoms with Crippen LogP contribution in [-0.2, 0) is 9.84 Å². The molecule has 0 aromatic carbocycles. The Morgan fingerprint density at radius 3 is 1.65 bits per heavy atom. The second kappa shape index (κ2) is 4.88. The highest BCUT2D eigenvalue weighted by molar-refractivity contribution is 4.79. The van der Waals surface area contributed by atoms with Gasteiger partial charge in [-0.05, 0) is 0 Å². The molecule has 17 heavy (non-hydrogen) atoms. The van der Waals surface area contributed by atoms with Gasteiger partial charge in [0.2, 0.25) is 0 Å². The molecule has 0 bridgehead atoms. The molecule has 0 saturated carbocycles. The van der Waals surface area contributed by atoms with Crippen LogP contribution in [0.3, 0.4) is 0 Å². The second-order valence-corrected chi connectivity index (χ2v) is 2.83. The monoisotopic (exact) mass is 279 g/mol. The summed E-state index contributed by atoms with van der Waals surface area (Å²) in [4.78, 5) is 0. The molecule has 1 unspecified atom stereocenters. The van der Waals surface area contributed by atoms with Crippen molar-refractivity contribution < 1.29 is 49.4 Å². The zero-order valence-corrected chi connectivity index (χ0v) is 7.58. The summed E-state index contributed by atoms with van der Waals surface area (Å²) in [6, 6.07) is 0. The number of rotatable bonds is 5. The average Bonchev–Trinajstić information content (AvgIpc) is 2.12. The molecule has 0 spiro atoms. The molecular formula is C6H4F9O2. The zero-order valence-electron chi connectivity index (χ0n) is 7.58. The normalized spacial score (nSPS) is 16.4. The number of halogens is 9. The van der Waals surface area contributed by atoms with E-state index in [9.17, 15) is 44.6 Å². The Labute approximate surface area is 88.0 Å². The van der Waals surface area contributed by atoms with Gasteiger partial charge in [-0.25, -0.2) is 8.78 Å². The van der Waals surface area contributed by atoms with Crippen LogP contribution in [0.5, 0.6) is 0 Å². The van der Waals surface area contributed by atoms with Crippen LogP contribution in [0.2, 0.25) is 0 Å². The lowest BCUT2D eigenvalue weighted by atomic mass is 10.3. The van der Waals surface area contributed by atoms with E-state index in [1.54, 1.807) is 0 Å². The number of hydrogen-bond acceptors (Lipinski definition) is 1. The Morgan fingerprint density at radius 2 is 1.35 bits per heavy atom. The van der Waals surface area contributed by atoms with E-state index in [1.807, 2.05) is 0 Å². The molecule has 1 atom stereocenters. The van der Waals surface area contributed by atoms with Gasteiger partial charge in [0.1, 0.15) is 6.61 Å². The molecule has 0 rings (SSSR count). The summed E-state index contributed by atoms with van der Waals surface area (Å²) in [5, 5.41) is 10.2. The lowest BCUT2D eigenvalue weighted by molar-refractivity contribution is -0.375. The van der Waals surface area contributed by atoms with Crippen LogP contribution in [0.4, 0.5) is 39.5 Å². The van der Waals surface area contributed by atoms with E-state index >= 15 is 0 Å². The van der Waals surface area contributed by atoms with Gasteiger partial charge >= 0.3 is 24.4 Å². The highest BCUT2D eigenvalue weighted by Gasteiger charge is 2.64. The molecule has 0 aliphatic carbocycles. The fourth-order valence-corrected chi connectivity index (χ4v) is 0.488. The smallest absolute Gasteiger partial charge is 0.338 e. The summed E-state index contributed by atoms with van der Waals surface area (Å²) in [6.07, 6.45) is -14.9. The van der Waals surface area contributed by atoms with Crippen molar-refractivity contribution in [2.45, 2.75) is 30.7 Å². The molecule has 0 fully saturated rings. The second-order valence-electron chi connectivity index (χ2n) is 2.83. The quantitative estimate of drug-likeness (QED) is 0.562. The highest BCUT2D eigenvalue weighted by Crippen LogP contribution is 2.39. The van der Waals surface area contributed by atoms with Gasteiger partial charge in [-0.15, -0.1) is 0 Å². The van der Waals surface area contributed by atoms with Gasteiger partial charge in [0.15, 0.2) is 0 Å². The zero-order chi connectivity index (χ0) is 14.1. The SMILES string of the molecule is [O]C(OCC(F)(F)C(F)F)C(F)(F)C(F)(F)F. The van der Waals surface area contributed by atoms with Crippen molar-refractivity contribution in [3.63, 3.8) is 0 Å². The number of hydrogen-bond donors (Lipinski definition) is 0. The predicted molar refractivity (Wildman–Crippen MR) is 32.4 cm³/mol. The van der Waals surface area contributed by atoms with Crippen molar-refractivity contribution in [3.8, 4) is 0 Å². The largest absolute Gasteiger partial charge is 0.458 e. The summed E-state index contributed by atoms with van der Waals surface area (Å²) in [7, 11) is 0. The number of ether oxygens (including phenoxy) is 1. The van der Waals surface area contributed by atoms with Crippen molar-refractivity contribution in [2.24, 2.45) is 0 Å². The van der Waals surface area contributed by atoms with Gasteiger partial charge in [0, 0.05) is 0 Å². The van der Waals surface area contributed by atoms with Crippen LogP contribution in [0.15, 0.2) is 0 Å². The van der Waals surface area contributed by atoms with Crippen molar-refractivity contribution >= 4 is 0 Å². The third-order valence-corrected chi connectivity index (χ3v) is 1.42.